The minimum Gasteiger partial charge on any atom is -0.497 e. The molecule has 1 amide bonds. The molecule has 40 heavy (non-hydrogen) atoms. The van der Waals surface area contributed by atoms with E-state index >= 15 is 0 Å². The molecule has 0 aliphatic carbocycles. The second-order valence-electron chi connectivity index (χ2n) is 10.7. The zero-order chi connectivity index (χ0) is 28.3. The summed E-state index contributed by atoms with van der Waals surface area (Å²) in [4.78, 5) is 17.4. The first-order valence-corrected chi connectivity index (χ1v) is 14.6. The first kappa shape index (κ1) is 29.2. The largest absolute Gasteiger partial charge is 0.497 e. The molecule has 0 atom stereocenters. The Kier molecular flexibility index (Phi) is 10.6. The fourth-order valence-electron chi connectivity index (χ4n) is 5.02. The van der Waals surface area contributed by atoms with Crippen LogP contribution in [0.1, 0.15) is 79.2 Å². The predicted octanol–water partition coefficient (Wildman–Crippen LogP) is 7.48. The number of ether oxygens (including phenoxy) is 2. The van der Waals surface area contributed by atoms with Crippen LogP contribution >= 0.6 is 0 Å². The fourth-order valence-corrected chi connectivity index (χ4v) is 5.02. The number of benzene rings is 3. The number of aryl methyl sites for hydroxylation is 3. The highest BCUT2D eigenvalue weighted by Crippen LogP contribution is 2.28. The van der Waals surface area contributed by atoms with Gasteiger partial charge >= 0.3 is 0 Å². The average Bonchev–Trinajstić information content (AvgIpc) is 3.31. The summed E-state index contributed by atoms with van der Waals surface area (Å²) < 4.78 is 13.8. The Hall–Kier alpha value is -3.80. The molecule has 4 rings (SSSR count). The monoisotopic (exact) mass is 541 g/mol. The van der Waals surface area contributed by atoms with Gasteiger partial charge in [0.2, 0.25) is 0 Å². The molecule has 0 unspecified atom stereocenters. The Labute approximate surface area is 238 Å². The summed E-state index contributed by atoms with van der Waals surface area (Å²) in [7, 11) is 1.61. The minimum absolute atomic E-state index is 0.0625. The van der Waals surface area contributed by atoms with Crippen LogP contribution in [-0.4, -0.2) is 35.7 Å². The summed E-state index contributed by atoms with van der Waals surface area (Å²) in [5.41, 5.74) is 5.38. The number of imidazole rings is 1. The number of para-hydroxylation sites is 2. The Morgan fingerprint density at radius 3 is 2.62 bits per heavy atom. The summed E-state index contributed by atoms with van der Waals surface area (Å²) in [5.74, 6) is 3.23. The van der Waals surface area contributed by atoms with Gasteiger partial charge in [-0.2, -0.15) is 0 Å². The number of unbranched alkanes of at least 4 members (excludes halogenated alkanes) is 3. The molecule has 212 valence electrons. The van der Waals surface area contributed by atoms with E-state index in [1.54, 1.807) is 19.2 Å². The third-order valence-electron chi connectivity index (χ3n) is 7.25. The highest BCUT2D eigenvalue weighted by atomic mass is 16.5. The lowest BCUT2D eigenvalue weighted by Gasteiger charge is -2.15. The Morgan fingerprint density at radius 1 is 0.950 bits per heavy atom. The van der Waals surface area contributed by atoms with Crippen molar-refractivity contribution < 1.29 is 14.3 Å². The van der Waals surface area contributed by atoms with Crippen LogP contribution in [0.2, 0.25) is 0 Å². The molecule has 4 aromatic rings. The van der Waals surface area contributed by atoms with E-state index in [2.05, 4.69) is 73.1 Å². The number of hydrogen-bond acceptors (Lipinski definition) is 4. The molecule has 6 nitrogen and oxygen atoms in total. The fraction of sp³-hybridized carbons (Fsp3) is 0.412. The number of nitrogens with zero attached hydrogens (tertiary/aromatic N) is 2. The number of fused-ring (bicyclic) bond motifs is 1. The van der Waals surface area contributed by atoms with Crippen molar-refractivity contribution in [3.8, 4) is 11.5 Å². The van der Waals surface area contributed by atoms with Crippen LogP contribution in [0.4, 0.5) is 0 Å². The topological polar surface area (TPSA) is 65.4 Å². The van der Waals surface area contributed by atoms with Crippen LogP contribution in [0.3, 0.4) is 0 Å². The Morgan fingerprint density at radius 2 is 1.80 bits per heavy atom. The predicted molar refractivity (Wildman–Crippen MR) is 163 cm³/mol. The lowest BCUT2D eigenvalue weighted by molar-refractivity contribution is 0.0952. The average molecular weight is 542 g/mol. The smallest absolute Gasteiger partial charge is 0.251 e. The van der Waals surface area contributed by atoms with Gasteiger partial charge in [0.15, 0.2) is 0 Å². The summed E-state index contributed by atoms with van der Waals surface area (Å²) in [6.45, 7) is 8.84. The van der Waals surface area contributed by atoms with E-state index in [0.29, 0.717) is 30.4 Å². The van der Waals surface area contributed by atoms with E-state index in [4.69, 9.17) is 14.5 Å². The van der Waals surface area contributed by atoms with Gasteiger partial charge in [-0.05, 0) is 86.1 Å². The molecule has 0 fully saturated rings. The van der Waals surface area contributed by atoms with Gasteiger partial charge in [-0.25, -0.2) is 4.98 Å². The minimum atomic E-state index is -0.0625. The van der Waals surface area contributed by atoms with Gasteiger partial charge < -0.3 is 19.4 Å². The van der Waals surface area contributed by atoms with Crippen molar-refractivity contribution in [3.63, 3.8) is 0 Å². The second-order valence-corrected chi connectivity index (χ2v) is 10.7. The molecule has 1 N–H and O–H groups in total. The van der Waals surface area contributed by atoms with Gasteiger partial charge in [-0.3, -0.25) is 4.79 Å². The molecule has 6 heteroatoms. The summed E-state index contributed by atoms with van der Waals surface area (Å²) in [6.07, 6.45) is 5.95. The third kappa shape index (κ3) is 7.87. The van der Waals surface area contributed by atoms with Crippen LogP contribution in [0.25, 0.3) is 11.0 Å². The Bertz CT molecular complexity index is 1390. The molecule has 0 bridgehead atoms. The standard InChI is InChI=1S/C34H43N3O3/c1-25(2)29-19-18-26(3)23-32(29)40-22-11-10-21-37-31-16-8-7-15-30(31)36-33(37)17-6-5-9-20-35-34(38)27-13-12-14-28(24-27)39-4/h7-8,12-16,18-19,23-25H,5-6,9-11,17,20-22H2,1-4H3,(H,35,38). The molecule has 0 saturated carbocycles. The van der Waals surface area contributed by atoms with Crippen molar-refractivity contribution in [1.82, 2.24) is 14.9 Å². The molecule has 3 aromatic carbocycles. The molecule has 0 radical (unpaired) electrons. The van der Waals surface area contributed by atoms with E-state index in [-0.39, 0.29) is 5.91 Å². The maximum Gasteiger partial charge on any atom is 0.251 e. The first-order chi connectivity index (χ1) is 19.5. The number of methoxy groups -OCH3 is 1. The summed E-state index contributed by atoms with van der Waals surface area (Å²) >= 11 is 0. The lowest BCUT2D eigenvalue weighted by Crippen LogP contribution is -2.24. The Balaban J connectivity index is 1.24. The van der Waals surface area contributed by atoms with E-state index in [0.717, 1.165) is 62.2 Å². The number of rotatable bonds is 15. The SMILES string of the molecule is COc1cccc(C(=O)NCCCCCc2nc3ccccc3n2CCCCOc2cc(C)ccc2C(C)C)c1. The number of carbonyl (C=O) groups is 1. The maximum atomic E-state index is 12.4. The van der Waals surface area contributed by atoms with E-state index in [9.17, 15) is 4.79 Å². The second kappa shape index (κ2) is 14.5. The lowest BCUT2D eigenvalue weighted by atomic mass is 10.0. The van der Waals surface area contributed by atoms with Gasteiger partial charge in [0.1, 0.15) is 17.3 Å². The van der Waals surface area contributed by atoms with Gasteiger partial charge in [0.05, 0.1) is 24.8 Å². The molecule has 0 aliphatic rings. The maximum absolute atomic E-state index is 12.4. The van der Waals surface area contributed by atoms with Crippen LogP contribution in [-0.2, 0) is 13.0 Å². The van der Waals surface area contributed by atoms with Crippen molar-refractivity contribution in [1.29, 1.82) is 0 Å². The summed E-state index contributed by atoms with van der Waals surface area (Å²) in [5, 5.41) is 3.02. The van der Waals surface area contributed by atoms with Crippen LogP contribution in [0.15, 0.2) is 66.7 Å². The third-order valence-corrected chi connectivity index (χ3v) is 7.25. The molecular weight excluding hydrogens is 498 g/mol. The molecule has 1 heterocycles. The van der Waals surface area contributed by atoms with Crippen LogP contribution in [0.5, 0.6) is 11.5 Å². The van der Waals surface area contributed by atoms with Gasteiger partial charge in [-0.15, -0.1) is 0 Å². The number of amides is 1. The number of nitrogens with one attached hydrogen (secondary N) is 1. The molecular formula is C34H43N3O3. The normalized spacial score (nSPS) is 11.2. The van der Waals surface area contributed by atoms with Gasteiger partial charge in [-0.1, -0.05) is 50.6 Å². The highest BCUT2D eigenvalue weighted by molar-refractivity contribution is 5.94. The summed E-state index contributed by atoms with van der Waals surface area (Å²) in [6, 6.07) is 22.1. The van der Waals surface area contributed by atoms with E-state index in [1.807, 2.05) is 12.1 Å². The zero-order valence-corrected chi connectivity index (χ0v) is 24.4. The number of hydrogen-bond donors (Lipinski definition) is 1. The van der Waals surface area contributed by atoms with Crippen molar-refractivity contribution in [2.45, 2.75) is 71.8 Å². The number of aromatic nitrogens is 2. The van der Waals surface area contributed by atoms with Crippen molar-refractivity contribution >= 4 is 16.9 Å². The van der Waals surface area contributed by atoms with Gasteiger partial charge in [0, 0.05) is 25.1 Å². The van der Waals surface area contributed by atoms with Crippen LogP contribution < -0.4 is 14.8 Å². The first-order valence-electron chi connectivity index (χ1n) is 14.6. The van der Waals surface area contributed by atoms with Crippen molar-refractivity contribution in [3.05, 3.63) is 89.2 Å². The quantitative estimate of drug-likeness (QED) is 0.159. The molecule has 0 saturated heterocycles. The van der Waals surface area contributed by atoms with Crippen molar-refractivity contribution in [2.75, 3.05) is 20.3 Å². The van der Waals surface area contributed by atoms with E-state index < -0.39 is 0 Å². The van der Waals surface area contributed by atoms with Crippen LogP contribution in [0, 0.1) is 6.92 Å². The van der Waals surface area contributed by atoms with Gasteiger partial charge in [0.25, 0.3) is 5.91 Å². The van der Waals surface area contributed by atoms with E-state index in [1.165, 1.54) is 16.6 Å². The molecule has 0 aliphatic heterocycles. The molecule has 1 aromatic heterocycles. The van der Waals surface area contributed by atoms with Crippen molar-refractivity contribution in [2.24, 2.45) is 0 Å². The highest BCUT2D eigenvalue weighted by Gasteiger charge is 2.12. The number of carbonyl (C=O) groups excluding carboxylic acids is 1. The molecule has 0 spiro atoms. The zero-order valence-electron chi connectivity index (χ0n) is 24.4.